The zero-order chi connectivity index (χ0) is 14.2. The van der Waals surface area contributed by atoms with Gasteiger partial charge in [0.05, 0.1) is 30.7 Å². The number of pyridine rings is 1. The van der Waals surface area contributed by atoms with E-state index in [2.05, 4.69) is 32.1 Å². The first-order valence-corrected chi connectivity index (χ1v) is 6.11. The molecule has 2 rings (SSSR count). The summed E-state index contributed by atoms with van der Waals surface area (Å²) in [5, 5.41) is 11.4. The second kappa shape index (κ2) is 7.07. The summed E-state index contributed by atoms with van der Waals surface area (Å²) in [6.45, 7) is 0.341. The van der Waals surface area contributed by atoms with Gasteiger partial charge in [0, 0.05) is 18.8 Å². The smallest absolute Gasteiger partial charge is 0.271 e. The molecule has 2 aromatic rings. The Bertz CT molecular complexity index is 626. The number of carbonyl (C=O) groups excluding carboxylic acids is 1. The van der Waals surface area contributed by atoms with Gasteiger partial charge >= 0.3 is 0 Å². The number of rotatable bonds is 4. The SMILES string of the molecule is O=C(NCc1cnc[nH]1)c1ncccc1C#CCCO. The van der Waals surface area contributed by atoms with Crippen molar-refractivity contribution in [3.8, 4) is 11.8 Å². The van der Waals surface area contributed by atoms with Crippen molar-refractivity contribution in [2.24, 2.45) is 0 Å². The molecule has 0 atom stereocenters. The monoisotopic (exact) mass is 270 g/mol. The third-order valence-corrected chi connectivity index (χ3v) is 2.48. The van der Waals surface area contributed by atoms with E-state index in [1.54, 1.807) is 30.9 Å². The van der Waals surface area contributed by atoms with Crippen molar-refractivity contribution < 1.29 is 9.90 Å². The van der Waals surface area contributed by atoms with Crippen LogP contribution in [0.1, 0.15) is 28.2 Å². The number of nitrogens with one attached hydrogen (secondary N) is 2. The van der Waals surface area contributed by atoms with E-state index in [4.69, 9.17) is 5.11 Å². The van der Waals surface area contributed by atoms with Crippen LogP contribution in [-0.4, -0.2) is 32.6 Å². The molecule has 0 radical (unpaired) electrons. The van der Waals surface area contributed by atoms with E-state index in [0.29, 0.717) is 18.5 Å². The Morgan fingerprint density at radius 2 is 2.40 bits per heavy atom. The number of hydrogen-bond donors (Lipinski definition) is 3. The zero-order valence-corrected chi connectivity index (χ0v) is 10.8. The van der Waals surface area contributed by atoms with Crippen LogP contribution in [0.5, 0.6) is 0 Å². The average Bonchev–Trinajstić information content (AvgIpc) is 2.99. The van der Waals surface area contributed by atoms with Crippen LogP contribution >= 0.6 is 0 Å². The number of aliphatic hydroxyl groups is 1. The predicted octanol–water partition coefficient (Wildman–Crippen LogP) is 0.469. The minimum Gasteiger partial charge on any atom is -0.395 e. The number of carbonyl (C=O) groups is 1. The molecule has 2 heterocycles. The number of amides is 1. The Labute approximate surface area is 116 Å². The minimum atomic E-state index is -0.298. The van der Waals surface area contributed by atoms with Gasteiger partial charge in [-0.25, -0.2) is 9.97 Å². The third kappa shape index (κ3) is 3.67. The molecule has 2 aromatic heterocycles. The summed E-state index contributed by atoms with van der Waals surface area (Å²) in [6.07, 6.45) is 5.10. The number of aromatic amines is 1. The van der Waals surface area contributed by atoms with Crippen molar-refractivity contribution in [3.05, 3.63) is 47.8 Å². The number of aliphatic hydroxyl groups excluding tert-OH is 1. The van der Waals surface area contributed by atoms with Gasteiger partial charge in [0.2, 0.25) is 0 Å². The fraction of sp³-hybridized carbons (Fsp3) is 0.214. The molecule has 102 valence electrons. The maximum atomic E-state index is 12.1. The largest absolute Gasteiger partial charge is 0.395 e. The quantitative estimate of drug-likeness (QED) is 0.704. The third-order valence-electron chi connectivity index (χ3n) is 2.48. The molecule has 20 heavy (non-hydrogen) atoms. The van der Waals surface area contributed by atoms with Gasteiger partial charge in [-0.15, -0.1) is 0 Å². The number of imidazole rings is 1. The second-order valence-corrected chi connectivity index (χ2v) is 3.93. The zero-order valence-electron chi connectivity index (χ0n) is 10.8. The van der Waals surface area contributed by atoms with Crippen molar-refractivity contribution in [3.63, 3.8) is 0 Å². The standard InChI is InChI=1S/C14H14N4O2/c19-7-2-1-4-11-5-3-6-16-13(11)14(20)17-9-12-8-15-10-18-12/h3,5-6,8,10,19H,2,7,9H2,(H,15,18)(H,17,20). The Morgan fingerprint density at radius 3 is 3.15 bits per heavy atom. The molecule has 1 amide bonds. The van der Waals surface area contributed by atoms with Gasteiger partial charge in [0.25, 0.3) is 5.91 Å². The van der Waals surface area contributed by atoms with Crippen LogP contribution in [0.3, 0.4) is 0 Å². The molecule has 0 saturated heterocycles. The lowest BCUT2D eigenvalue weighted by Crippen LogP contribution is -2.24. The van der Waals surface area contributed by atoms with Gasteiger partial charge in [0.15, 0.2) is 0 Å². The minimum absolute atomic E-state index is 0.00534. The van der Waals surface area contributed by atoms with Gasteiger partial charge < -0.3 is 15.4 Å². The van der Waals surface area contributed by atoms with Gasteiger partial charge in [0.1, 0.15) is 5.69 Å². The highest BCUT2D eigenvalue weighted by atomic mass is 16.2. The van der Waals surface area contributed by atoms with Crippen LogP contribution in [0, 0.1) is 11.8 Å². The molecule has 0 spiro atoms. The molecule has 0 saturated carbocycles. The summed E-state index contributed by atoms with van der Waals surface area (Å²) >= 11 is 0. The molecule has 0 fully saturated rings. The van der Waals surface area contributed by atoms with E-state index in [-0.39, 0.29) is 18.2 Å². The van der Waals surface area contributed by atoms with Crippen LogP contribution in [0.2, 0.25) is 0 Å². The van der Waals surface area contributed by atoms with E-state index in [1.807, 2.05) is 0 Å². The number of H-pyrrole nitrogens is 1. The fourth-order valence-electron chi connectivity index (χ4n) is 1.54. The number of nitrogens with zero attached hydrogens (tertiary/aromatic N) is 2. The fourth-order valence-corrected chi connectivity index (χ4v) is 1.54. The highest BCUT2D eigenvalue weighted by molar-refractivity contribution is 5.94. The Morgan fingerprint density at radius 1 is 1.50 bits per heavy atom. The van der Waals surface area contributed by atoms with Gasteiger partial charge in [-0.3, -0.25) is 4.79 Å². The van der Waals surface area contributed by atoms with E-state index >= 15 is 0 Å². The summed E-state index contributed by atoms with van der Waals surface area (Å²) in [4.78, 5) is 22.9. The first kappa shape index (κ1) is 13.8. The van der Waals surface area contributed by atoms with Crippen molar-refractivity contribution in [1.29, 1.82) is 0 Å². The molecule has 0 unspecified atom stereocenters. The second-order valence-electron chi connectivity index (χ2n) is 3.93. The maximum Gasteiger partial charge on any atom is 0.271 e. The summed E-state index contributed by atoms with van der Waals surface area (Å²) in [5.74, 6) is 5.32. The van der Waals surface area contributed by atoms with Gasteiger partial charge in [-0.05, 0) is 12.1 Å². The average molecular weight is 270 g/mol. The molecule has 6 heteroatoms. The highest BCUT2D eigenvalue weighted by Crippen LogP contribution is 2.04. The molecule has 0 aromatic carbocycles. The van der Waals surface area contributed by atoms with Crippen LogP contribution in [-0.2, 0) is 6.54 Å². The van der Waals surface area contributed by atoms with E-state index in [0.717, 1.165) is 5.69 Å². The highest BCUT2D eigenvalue weighted by Gasteiger charge is 2.11. The molecule has 6 nitrogen and oxygen atoms in total. The molecular formula is C14H14N4O2. The summed E-state index contributed by atoms with van der Waals surface area (Å²) < 4.78 is 0. The van der Waals surface area contributed by atoms with Crippen molar-refractivity contribution in [2.75, 3.05) is 6.61 Å². The van der Waals surface area contributed by atoms with Crippen molar-refractivity contribution in [2.45, 2.75) is 13.0 Å². The first-order chi connectivity index (χ1) is 9.81. The van der Waals surface area contributed by atoms with E-state index < -0.39 is 0 Å². The Kier molecular flexibility index (Phi) is 4.87. The number of aromatic nitrogens is 3. The van der Waals surface area contributed by atoms with Crippen LogP contribution in [0.25, 0.3) is 0 Å². The molecule has 0 aliphatic rings. The van der Waals surface area contributed by atoms with Crippen molar-refractivity contribution in [1.82, 2.24) is 20.3 Å². The lowest BCUT2D eigenvalue weighted by Gasteiger charge is -2.04. The first-order valence-electron chi connectivity index (χ1n) is 6.11. The predicted molar refractivity (Wildman–Crippen MR) is 72.6 cm³/mol. The molecule has 3 N–H and O–H groups in total. The molecule has 0 aliphatic carbocycles. The lowest BCUT2D eigenvalue weighted by atomic mass is 10.2. The normalized spacial score (nSPS) is 9.65. The maximum absolute atomic E-state index is 12.1. The molecule has 0 bridgehead atoms. The van der Waals surface area contributed by atoms with Crippen LogP contribution < -0.4 is 5.32 Å². The van der Waals surface area contributed by atoms with Crippen LogP contribution in [0.15, 0.2) is 30.9 Å². The van der Waals surface area contributed by atoms with Crippen LogP contribution in [0.4, 0.5) is 0 Å². The Balaban J connectivity index is 2.07. The van der Waals surface area contributed by atoms with E-state index in [9.17, 15) is 4.79 Å². The lowest BCUT2D eigenvalue weighted by molar-refractivity contribution is 0.0945. The molecule has 0 aliphatic heterocycles. The number of hydrogen-bond acceptors (Lipinski definition) is 4. The van der Waals surface area contributed by atoms with E-state index in [1.165, 1.54) is 0 Å². The summed E-state index contributed by atoms with van der Waals surface area (Å²) in [6, 6.07) is 3.44. The van der Waals surface area contributed by atoms with Gasteiger partial charge in [-0.2, -0.15) is 0 Å². The summed E-state index contributed by atoms with van der Waals surface area (Å²) in [7, 11) is 0. The van der Waals surface area contributed by atoms with Crippen molar-refractivity contribution >= 4 is 5.91 Å². The summed E-state index contributed by atoms with van der Waals surface area (Å²) in [5.41, 5.74) is 1.63. The molecular weight excluding hydrogens is 256 g/mol. The topological polar surface area (TPSA) is 90.9 Å². The Hall–Kier alpha value is -2.65. The van der Waals surface area contributed by atoms with Gasteiger partial charge in [-0.1, -0.05) is 11.8 Å².